The predicted octanol–water partition coefficient (Wildman–Crippen LogP) is 8.88. The summed E-state index contributed by atoms with van der Waals surface area (Å²) in [6.45, 7) is 3.99. The zero-order valence-electron chi connectivity index (χ0n) is 26.8. The summed E-state index contributed by atoms with van der Waals surface area (Å²) in [7, 11) is 3.22. The van der Waals surface area contributed by atoms with Crippen LogP contribution in [0.15, 0.2) is 104 Å². The van der Waals surface area contributed by atoms with Crippen molar-refractivity contribution in [2.75, 3.05) is 14.1 Å². The molecule has 248 valence electrons. The van der Waals surface area contributed by atoms with Gasteiger partial charge in [0.1, 0.15) is 0 Å². The molecular weight excluding hydrogens is 779 g/mol. The minimum atomic E-state index is -0.221. The predicted molar refractivity (Wildman–Crippen MR) is 201 cm³/mol. The van der Waals surface area contributed by atoms with E-state index in [1.54, 1.807) is 14.1 Å². The second kappa shape index (κ2) is 15.7. The fraction of sp³-hybridized carbons (Fsp3) is 0.222. The van der Waals surface area contributed by atoms with Gasteiger partial charge in [0, 0.05) is 55.3 Å². The quantitative estimate of drug-likeness (QED) is 0.212. The van der Waals surface area contributed by atoms with Gasteiger partial charge in [-0.15, -0.1) is 0 Å². The summed E-state index contributed by atoms with van der Waals surface area (Å²) in [6, 6.07) is 26.7. The third-order valence-electron chi connectivity index (χ3n) is 8.01. The molecule has 0 spiro atoms. The second-order valence-corrected chi connectivity index (χ2v) is 14.1. The Morgan fingerprint density at radius 2 is 1.00 bits per heavy atom. The van der Waals surface area contributed by atoms with Gasteiger partial charge in [-0.3, -0.25) is 0 Å². The van der Waals surface area contributed by atoms with Crippen LogP contribution in [-0.4, -0.2) is 59.7 Å². The van der Waals surface area contributed by atoms with Crippen LogP contribution in [0.25, 0.3) is 0 Å². The molecule has 2 heterocycles. The number of amides is 4. The Balaban J connectivity index is 0.000000188. The Morgan fingerprint density at radius 1 is 0.646 bits per heavy atom. The zero-order chi connectivity index (χ0) is 34.5. The van der Waals surface area contributed by atoms with Gasteiger partial charge in [0.2, 0.25) is 0 Å². The normalized spacial score (nSPS) is 16.9. The fourth-order valence-electron chi connectivity index (χ4n) is 5.59. The highest BCUT2D eigenvalue weighted by Crippen LogP contribution is 2.29. The molecule has 4 aromatic rings. The SMILES string of the molecule is CNC(=O)N1N=C(c2ccc(Cl)cc2)c2cc(Br)ccc2CC1C.CNC(=O)N1N=C(c2ccc(Cl)cc2)c2cc(Br)ccc2C[C@H]1C. The van der Waals surface area contributed by atoms with Crippen LogP contribution in [-0.2, 0) is 12.8 Å². The number of carbonyl (C=O) groups excluding carboxylic acids is 2. The van der Waals surface area contributed by atoms with E-state index in [1.165, 1.54) is 10.0 Å². The molecule has 6 rings (SSSR count). The van der Waals surface area contributed by atoms with E-state index in [4.69, 9.17) is 23.2 Å². The summed E-state index contributed by atoms with van der Waals surface area (Å²) in [6.07, 6.45) is 1.47. The molecule has 0 aromatic heterocycles. The summed E-state index contributed by atoms with van der Waals surface area (Å²) >= 11 is 19.1. The van der Waals surface area contributed by atoms with Crippen molar-refractivity contribution in [2.24, 2.45) is 10.2 Å². The highest BCUT2D eigenvalue weighted by atomic mass is 79.9. The number of benzene rings is 4. The van der Waals surface area contributed by atoms with Crippen LogP contribution in [0, 0.1) is 0 Å². The summed E-state index contributed by atoms with van der Waals surface area (Å²) < 4.78 is 1.95. The van der Waals surface area contributed by atoms with Gasteiger partial charge < -0.3 is 10.6 Å². The third-order valence-corrected chi connectivity index (χ3v) is 9.50. The van der Waals surface area contributed by atoms with Crippen LogP contribution >= 0.6 is 55.1 Å². The maximum Gasteiger partial charge on any atom is 0.337 e. The van der Waals surface area contributed by atoms with Crippen molar-refractivity contribution >= 4 is 78.5 Å². The first-order valence-corrected chi connectivity index (χ1v) is 17.6. The van der Waals surface area contributed by atoms with E-state index < -0.39 is 0 Å². The number of fused-ring (bicyclic) bond motifs is 2. The number of urea groups is 2. The number of halogens is 4. The molecule has 2 aliphatic heterocycles. The number of nitrogens with zero attached hydrogens (tertiary/aromatic N) is 4. The van der Waals surface area contributed by atoms with Gasteiger partial charge in [-0.2, -0.15) is 10.2 Å². The average molecular weight is 813 g/mol. The molecule has 48 heavy (non-hydrogen) atoms. The zero-order valence-corrected chi connectivity index (χ0v) is 31.5. The van der Waals surface area contributed by atoms with E-state index >= 15 is 0 Å². The molecule has 2 atom stereocenters. The molecule has 4 aromatic carbocycles. The molecule has 0 saturated carbocycles. The summed E-state index contributed by atoms with van der Waals surface area (Å²) in [5, 5.41) is 19.0. The topological polar surface area (TPSA) is 89.4 Å². The van der Waals surface area contributed by atoms with Crippen LogP contribution < -0.4 is 10.6 Å². The first-order chi connectivity index (χ1) is 23.0. The van der Waals surface area contributed by atoms with Crippen molar-refractivity contribution < 1.29 is 9.59 Å². The van der Waals surface area contributed by atoms with E-state index in [0.717, 1.165) is 66.6 Å². The highest BCUT2D eigenvalue weighted by molar-refractivity contribution is 9.10. The molecule has 0 radical (unpaired) electrons. The number of hydrazone groups is 2. The van der Waals surface area contributed by atoms with Crippen molar-refractivity contribution in [1.29, 1.82) is 0 Å². The molecule has 2 aliphatic rings. The second-order valence-electron chi connectivity index (χ2n) is 11.4. The monoisotopic (exact) mass is 810 g/mol. The number of rotatable bonds is 2. The van der Waals surface area contributed by atoms with Gasteiger partial charge >= 0.3 is 12.1 Å². The van der Waals surface area contributed by atoms with Crippen molar-refractivity contribution in [2.45, 2.75) is 38.8 Å². The van der Waals surface area contributed by atoms with Gasteiger partial charge in [-0.1, -0.05) is 91.5 Å². The number of hydrogen-bond donors (Lipinski definition) is 2. The minimum absolute atomic E-state index is 0.0466. The molecule has 0 aliphatic carbocycles. The lowest BCUT2D eigenvalue weighted by atomic mass is 9.95. The first kappa shape index (κ1) is 35.6. The maximum atomic E-state index is 12.3. The smallest absolute Gasteiger partial charge is 0.337 e. The number of hydrogen-bond acceptors (Lipinski definition) is 4. The maximum absolute atomic E-state index is 12.3. The lowest BCUT2D eigenvalue weighted by Gasteiger charge is -2.22. The molecule has 2 N–H and O–H groups in total. The summed E-state index contributed by atoms with van der Waals surface area (Å²) in [4.78, 5) is 24.5. The third kappa shape index (κ3) is 8.11. The molecule has 4 amide bonds. The molecule has 0 saturated heterocycles. The van der Waals surface area contributed by atoms with Crippen molar-refractivity contribution in [3.8, 4) is 0 Å². The minimum Gasteiger partial charge on any atom is -0.340 e. The first-order valence-electron chi connectivity index (χ1n) is 15.3. The Bertz CT molecular complexity index is 1750. The van der Waals surface area contributed by atoms with E-state index in [2.05, 4.69) is 64.8 Å². The van der Waals surface area contributed by atoms with Crippen molar-refractivity contribution in [3.63, 3.8) is 0 Å². The fourth-order valence-corrected chi connectivity index (χ4v) is 6.56. The van der Waals surface area contributed by atoms with Gasteiger partial charge in [0.25, 0.3) is 0 Å². The molecule has 1 unspecified atom stereocenters. The molecule has 0 fully saturated rings. The Morgan fingerprint density at radius 3 is 1.33 bits per heavy atom. The summed E-state index contributed by atoms with van der Waals surface area (Å²) in [5.41, 5.74) is 7.71. The Hall–Kier alpha value is -3.70. The molecule has 0 bridgehead atoms. The largest absolute Gasteiger partial charge is 0.340 e. The van der Waals surface area contributed by atoms with Crippen molar-refractivity contribution in [3.05, 3.63) is 137 Å². The highest BCUT2D eigenvalue weighted by Gasteiger charge is 2.28. The standard InChI is InChI=1S/2C18H17BrClN3O/c2*1-11-9-13-3-6-14(19)10-16(13)17(22-23(11)18(24)21-2)12-4-7-15(20)8-5-12/h2*3-8,10-11H,9H2,1-2H3,(H,21,24)/t11-;/m1./s1. The number of nitrogens with one attached hydrogen (secondary N) is 2. The molecule has 8 nitrogen and oxygen atoms in total. The van der Waals surface area contributed by atoms with Crippen molar-refractivity contribution in [1.82, 2.24) is 20.7 Å². The van der Waals surface area contributed by atoms with Crippen LogP contribution in [0.2, 0.25) is 10.0 Å². The van der Waals surface area contributed by atoms with E-state index in [9.17, 15) is 9.59 Å². The lowest BCUT2D eigenvalue weighted by Crippen LogP contribution is -2.41. The average Bonchev–Trinajstić information content (AvgIpc) is 3.31. The Labute approximate surface area is 307 Å². The van der Waals surface area contributed by atoms with Crippen LogP contribution in [0.4, 0.5) is 9.59 Å². The van der Waals surface area contributed by atoms with E-state index in [-0.39, 0.29) is 24.1 Å². The summed E-state index contributed by atoms with van der Waals surface area (Å²) in [5.74, 6) is 0. The van der Waals surface area contributed by atoms with Gasteiger partial charge in [-0.25, -0.2) is 19.6 Å². The van der Waals surface area contributed by atoms with E-state index in [1.807, 2.05) is 86.6 Å². The molecule has 12 heteroatoms. The Kier molecular flexibility index (Phi) is 11.6. The molecular formula is C36H34Br2Cl2N6O2. The van der Waals surface area contributed by atoms with Gasteiger partial charge in [-0.05, 0) is 86.3 Å². The van der Waals surface area contributed by atoms with Crippen LogP contribution in [0.3, 0.4) is 0 Å². The lowest BCUT2D eigenvalue weighted by molar-refractivity contribution is 0.184. The van der Waals surface area contributed by atoms with Crippen LogP contribution in [0.5, 0.6) is 0 Å². The van der Waals surface area contributed by atoms with E-state index in [0.29, 0.717) is 10.0 Å². The van der Waals surface area contributed by atoms with Gasteiger partial charge in [0.05, 0.1) is 23.5 Å². The van der Waals surface area contributed by atoms with Crippen LogP contribution in [0.1, 0.15) is 47.2 Å². The van der Waals surface area contributed by atoms with Gasteiger partial charge in [0.15, 0.2) is 0 Å². The number of carbonyl (C=O) groups is 2.